The first-order valence-electron chi connectivity index (χ1n) is 18.9. The second kappa shape index (κ2) is 20.7. The minimum absolute atomic E-state index is 0.0628. The van der Waals surface area contributed by atoms with Crippen LogP contribution in [0.15, 0.2) is 33.7 Å². The molecular weight excluding hydrogens is 694 g/mol. The van der Waals surface area contributed by atoms with Crippen molar-refractivity contribution in [1.82, 2.24) is 25.5 Å². The van der Waals surface area contributed by atoms with E-state index >= 15 is 0 Å². The van der Waals surface area contributed by atoms with Gasteiger partial charge in [-0.25, -0.2) is 4.79 Å². The Kier molecular flexibility index (Phi) is 16.5. The Morgan fingerprint density at radius 1 is 1.00 bits per heavy atom. The summed E-state index contributed by atoms with van der Waals surface area (Å²) in [7, 11) is 1.26. The number of hydrogen-bond donors (Lipinski definition) is 7. The Labute approximate surface area is 308 Å². The molecule has 2 saturated heterocycles. The van der Waals surface area contributed by atoms with Crippen LogP contribution < -0.4 is 27.2 Å². The van der Waals surface area contributed by atoms with Crippen LogP contribution in [0.5, 0.6) is 0 Å². The molecule has 53 heavy (non-hydrogen) atoms. The molecule has 4 rings (SSSR count). The van der Waals surface area contributed by atoms with Gasteiger partial charge >= 0.3 is 5.69 Å². The summed E-state index contributed by atoms with van der Waals surface area (Å²) in [6.45, 7) is 4.31. The molecule has 0 aliphatic carbocycles. The monoisotopic (exact) mass is 751 g/mol. The number of nitrogens with one attached hydrogen (secondary N) is 4. The highest BCUT2D eigenvalue weighted by Gasteiger charge is 2.53. The van der Waals surface area contributed by atoms with Gasteiger partial charge < -0.3 is 50.2 Å². The van der Waals surface area contributed by atoms with Gasteiger partial charge in [0.1, 0.15) is 36.6 Å². The molecule has 3 amide bonds. The number of H-pyrrole nitrogens is 1. The Hall–Kier alpha value is -3.61. The van der Waals surface area contributed by atoms with Gasteiger partial charge in [-0.2, -0.15) is 0 Å². The molecule has 3 aliphatic rings. The van der Waals surface area contributed by atoms with Crippen LogP contribution in [-0.2, 0) is 33.3 Å². The van der Waals surface area contributed by atoms with Gasteiger partial charge in [0, 0.05) is 32.0 Å². The number of rotatable bonds is 19. The number of aliphatic hydroxyl groups is 3. The van der Waals surface area contributed by atoms with Gasteiger partial charge in [-0.3, -0.25) is 28.7 Å². The normalized spacial score (nSPS) is 29.4. The molecule has 0 bridgehead atoms. The average molecular weight is 752 g/mol. The summed E-state index contributed by atoms with van der Waals surface area (Å²) in [6, 6.07) is 0.131. The van der Waals surface area contributed by atoms with Crippen LogP contribution in [0.3, 0.4) is 0 Å². The highest BCUT2D eigenvalue weighted by Crippen LogP contribution is 2.34. The van der Waals surface area contributed by atoms with E-state index in [0.29, 0.717) is 19.3 Å². The van der Waals surface area contributed by atoms with Gasteiger partial charge in [0.25, 0.3) is 17.4 Å². The van der Waals surface area contributed by atoms with Crippen molar-refractivity contribution in [2.45, 2.75) is 159 Å². The fourth-order valence-corrected chi connectivity index (χ4v) is 6.84. The van der Waals surface area contributed by atoms with E-state index in [1.165, 1.54) is 39.2 Å². The molecule has 1 aromatic heterocycles. The molecule has 7 N–H and O–H groups in total. The van der Waals surface area contributed by atoms with Gasteiger partial charge in [0.05, 0.1) is 0 Å². The predicted molar refractivity (Wildman–Crippen MR) is 190 cm³/mol. The van der Waals surface area contributed by atoms with E-state index in [-0.39, 0.29) is 18.5 Å². The van der Waals surface area contributed by atoms with Crippen molar-refractivity contribution in [3.63, 3.8) is 0 Å². The fourth-order valence-electron chi connectivity index (χ4n) is 6.84. The smallest absolute Gasteiger partial charge is 0.330 e. The number of carbonyl (C=O) groups is 3. The number of hydrogen-bond acceptors (Lipinski definition) is 12. The van der Waals surface area contributed by atoms with Crippen molar-refractivity contribution in [3.05, 3.63) is 44.9 Å². The molecule has 4 heterocycles. The van der Waals surface area contributed by atoms with Crippen molar-refractivity contribution >= 4 is 17.7 Å². The maximum atomic E-state index is 13.8. The van der Waals surface area contributed by atoms with Crippen LogP contribution in [0.2, 0.25) is 0 Å². The number of nitrogens with zero attached hydrogens (tertiary/aromatic N) is 1. The number of unbranched alkanes of at least 4 members (excludes halogenated alkanes) is 9. The molecule has 1 aromatic rings. The van der Waals surface area contributed by atoms with Crippen LogP contribution in [0.4, 0.5) is 0 Å². The van der Waals surface area contributed by atoms with E-state index in [1.807, 2.05) is 6.92 Å². The molecule has 0 radical (unpaired) electrons. The van der Waals surface area contributed by atoms with Gasteiger partial charge in [-0.15, -0.1) is 0 Å². The molecular formula is C36H57N5O12. The Bertz CT molecular complexity index is 1500. The van der Waals surface area contributed by atoms with Crippen LogP contribution in [-0.4, -0.2) is 111 Å². The molecule has 0 saturated carbocycles. The van der Waals surface area contributed by atoms with Crippen molar-refractivity contribution in [2.75, 3.05) is 13.7 Å². The van der Waals surface area contributed by atoms with Crippen LogP contribution in [0.1, 0.15) is 104 Å². The first kappa shape index (κ1) is 42.1. The number of aliphatic hydroxyl groups excluding tert-OH is 3. The average Bonchev–Trinajstić information content (AvgIpc) is 3.35. The zero-order valence-corrected chi connectivity index (χ0v) is 30.9. The van der Waals surface area contributed by atoms with E-state index in [0.717, 1.165) is 55.0 Å². The molecule has 17 nitrogen and oxygen atoms in total. The molecule has 298 valence electrons. The Balaban J connectivity index is 1.47. The van der Waals surface area contributed by atoms with Gasteiger partial charge in [-0.05, 0) is 38.7 Å². The summed E-state index contributed by atoms with van der Waals surface area (Å²) in [5, 5.41) is 41.0. The van der Waals surface area contributed by atoms with Crippen molar-refractivity contribution < 1.29 is 48.7 Å². The van der Waals surface area contributed by atoms with E-state index < -0.39 is 84.0 Å². The highest BCUT2D eigenvalue weighted by molar-refractivity contribution is 5.95. The number of amides is 3. The van der Waals surface area contributed by atoms with E-state index in [4.69, 9.17) is 18.9 Å². The third kappa shape index (κ3) is 11.7. The third-order valence-electron chi connectivity index (χ3n) is 9.87. The van der Waals surface area contributed by atoms with Gasteiger partial charge in [-0.1, -0.05) is 64.7 Å². The van der Waals surface area contributed by atoms with Crippen LogP contribution in [0.25, 0.3) is 0 Å². The second-order valence-electron chi connectivity index (χ2n) is 14.1. The summed E-state index contributed by atoms with van der Waals surface area (Å²) in [5.41, 5.74) is -1.55. The maximum Gasteiger partial charge on any atom is 0.330 e. The second-order valence-corrected chi connectivity index (χ2v) is 14.1. The standard InChI is InChI=1S/C36H57N5O12/c1-4-5-6-7-8-9-10-11-12-13-18-37-33(48)30(29-28(50-3)27(45)34(52-29)41-19-17-25(43)40-36(41)49)53-35-26(44)23(42)20-24(51-35)32(47)39-22-16-14-15-21(2)38-31(22)46/h17,19-23,26-30,34-35,42,44-45H,4-16,18H2,1-3H3,(H,37,48)(H,38,46)(H,39,47)(H,40,43,49)/t21-,22+,23+,26+,27-,28+,29+,30-,34-,35-/m1/s1. The molecule has 2 fully saturated rings. The Morgan fingerprint density at radius 2 is 1.68 bits per heavy atom. The molecule has 0 unspecified atom stereocenters. The molecule has 10 atom stereocenters. The number of carbonyl (C=O) groups excluding carboxylic acids is 3. The number of ether oxygens (including phenoxy) is 4. The first-order chi connectivity index (χ1) is 25.4. The highest BCUT2D eigenvalue weighted by atomic mass is 16.7. The van der Waals surface area contributed by atoms with E-state index in [9.17, 15) is 39.3 Å². The van der Waals surface area contributed by atoms with Gasteiger partial charge in [0.15, 0.2) is 18.1 Å². The van der Waals surface area contributed by atoms with E-state index in [1.54, 1.807) is 0 Å². The van der Waals surface area contributed by atoms with Crippen molar-refractivity contribution in [2.24, 2.45) is 0 Å². The lowest BCUT2D eigenvalue weighted by molar-refractivity contribution is -0.242. The third-order valence-corrected chi connectivity index (χ3v) is 9.87. The first-order valence-corrected chi connectivity index (χ1v) is 18.9. The summed E-state index contributed by atoms with van der Waals surface area (Å²) in [6.07, 6.45) is 2.24. The quantitative estimate of drug-likeness (QED) is 0.0950. The zero-order valence-electron chi connectivity index (χ0n) is 30.9. The SMILES string of the molecule is CCCCCCCCCCCCNC(=O)[C@H](O[C@H]1OC(C(=O)N[C@H]2CCC[C@@H](C)NC2=O)=C[C@H](O)[C@@H]1O)[C@H]1O[C@@H](n2ccc(=O)[nH]c2=O)[C@H](O)[C@@H]1OC. The fraction of sp³-hybridized carbons (Fsp3) is 0.750. The lowest BCUT2D eigenvalue weighted by Crippen LogP contribution is -2.55. The Morgan fingerprint density at radius 3 is 2.34 bits per heavy atom. The van der Waals surface area contributed by atoms with Crippen LogP contribution >= 0.6 is 0 Å². The molecule has 17 heteroatoms. The maximum absolute atomic E-state index is 13.8. The lowest BCUT2D eigenvalue weighted by Gasteiger charge is -2.35. The largest absolute Gasteiger partial charge is 0.456 e. The summed E-state index contributed by atoms with van der Waals surface area (Å²) < 4.78 is 24.2. The molecule has 0 aromatic carbocycles. The predicted octanol–water partition coefficient (Wildman–Crippen LogP) is 0.368. The van der Waals surface area contributed by atoms with E-state index in [2.05, 4.69) is 27.9 Å². The summed E-state index contributed by atoms with van der Waals surface area (Å²) in [4.78, 5) is 66.1. The number of aromatic nitrogens is 2. The summed E-state index contributed by atoms with van der Waals surface area (Å²) >= 11 is 0. The molecule has 0 spiro atoms. The van der Waals surface area contributed by atoms with Crippen molar-refractivity contribution in [1.29, 1.82) is 0 Å². The van der Waals surface area contributed by atoms with Crippen molar-refractivity contribution in [3.8, 4) is 0 Å². The summed E-state index contributed by atoms with van der Waals surface area (Å²) in [5.74, 6) is -2.40. The van der Waals surface area contributed by atoms with Gasteiger partial charge in [0.2, 0.25) is 12.2 Å². The molecule has 3 aliphatic heterocycles. The minimum atomic E-state index is -1.81. The lowest BCUT2D eigenvalue weighted by atomic mass is 10.0. The minimum Gasteiger partial charge on any atom is -0.456 e. The number of aromatic amines is 1. The van der Waals surface area contributed by atoms with Crippen LogP contribution in [0, 0.1) is 0 Å². The topological polar surface area (TPSA) is 240 Å². The zero-order chi connectivity index (χ0) is 38.5. The number of methoxy groups -OCH3 is 1.